The molecule has 1 aliphatic rings. The molecule has 0 fully saturated rings. The normalized spacial score (nSPS) is 12.3. The quantitative estimate of drug-likeness (QED) is 0.199. The fourth-order valence-electron chi connectivity index (χ4n) is 7.71. The van der Waals surface area contributed by atoms with Crippen LogP contribution in [0.5, 0.6) is 0 Å². The maximum absolute atomic E-state index is 11.0. The Hall–Kier alpha value is -6.62. The number of nitrogens with zero attached hydrogens (tertiary/aromatic N) is 4. The first-order chi connectivity index (χ1) is 23.8. The Morgan fingerprint density at radius 3 is 1.73 bits per heavy atom. The number of rotatable bonds is 4. The van der Waals surface area contributed by atoms with Gasteiger partial charge in [0.15, 0.2) is 0 Å². The van der Waals surface area contributed by atoms with Crippen LogP contribution in [-0.4, -0.2) is 9.13 Å². The van der Waals surface area contributed by atoms with Crippen LogP contribution in [0.4, 0.5) is 0 Å². The molecule has 0 atom stereocenters. The van der Waals surface area contributed by atoms with Gasteiger partial charge in [0, 0.05) is 38.5 Å². The van der Waals surface area contributed by atoms with E-state index in [-0.39, 0.29) is 0 Å². The molecule has 6 aromatic carbocycles. The summed E-state index contributed by atoms with van der Waals surface area (Å²) in [4.78, 5) is 0. The summed E-state index contributed by atoms with van der Waals surface area (Å²) in [5.74, 6) is 0. The third-order valence-electron chi connectivity index (χ3n) is 9.71. The third kappa shape index (κ3) is 4.00. The molecule has 1 aliphatic carbocycles. The van der Waals surface area contributed by atoms with Crippen molar-refractivity contribution >= 4 is 38.8 Å². The van der Waals surface area contributed by atoms with Crippen molar-refractivity contribution in [1.29, 1.82) is 10.5 Å². The highest BCUT2D eigenvalue weighted by molar-refractivity contribution is 6.10. The number of allylic oxidation sites excluding steroid dienone is 1. The molecule has 9 rings (SSSR count). The lowest BCUT2D eigenvalue weighted by Gasteiger charge is -2.20. The van der Waals surface area contributed by atoms with Gasteiger partial charge in [0.05, 0.1) is 39.1 Å². The molecule has 4 heteroatoms. The summed E-state index contributed by atoms with van der Waals surface area (Å²) in [5, 5.41) is 24.9. The largest absolute Gasteiger partial charge is 0.310 e. The molecule has 2 aromatic heterocycles. The van der Waals surface area contributed by atoms with Gasteiger partial charge in [-0.25, -0.2) is 0 Å². The summed E-state index contributed by atoms with van der Waals surface area (Å²) in [5.41, 5.74) is 12.1. The van der Waals surface area contributed by atoms with Gasteiger partial charge in [0.2, 0.25) is 0 Å². The zero-order chi connectivity index (χ0) is 32.2. The van der Waals surface area contributed by atoms with Crippen molar-refractivity contribution in [2.75, 3.05) is 0 Å². The first kappa shape index (κ1) is 27.7. The molecule has 0 N–H and O–H groups in total. The van der Waals surface area contributed by atoms with E-state index >= 15 is 0 Å². The molecule has 2 heterocycles. The monoisotopic (exact) mass is 612 g/mol. The van der Waals surface area contributed by atoms with Gasteiger partial charge in [-0.15, -0.1) is 0 Å². The third-order valence-corrected chi connectivity index (χ3v) is 9.71. The van der Waals surface area contributed by atoms with Crippen molar-refractivity contribution < 1.29 is 0 Å². The fraction of sp³-hybridized carbons (Fsp3) is 0.0455. The summed E-state index contributed by atoms with van der Waals surface area (Å²) < 4.78 is 4.52. The van der Waals surface area contributed by atoms with Gasteiger partial charge in [-0.3, -0.25) is 0 Å². The SMILES string of the molecule is N#Cc1ccc(-c2ccccc2-c2ccccc2-n2c3ccccc3c3ccccc32)c(C#N)c1-n1c2c(c3ccccc31)C=CCC2. The molecule has 4 nitrogen and oxygen atoms in total. The van der Waals surface area contributed by atoms with Crippen molar-refractivity contribution in [2.24, 2.45) is 0 Å². The van der Waals surface area contributed by atoms with Crippen LogP contribution in [0, 0.1) is 22.7 Å². The van der Waals surface area contributed by atoms with E-state index in [4.69, 9.17) is 0 Å². The number of para-hydroxylation sites is 4. The lowest BCUT2D eigenvalue weighted by Crippen LogP contribution is -2.08. The van der Waals surface area contributed by atoms with Crippen LogP contribution in [0.15, 0.2) is 140 Å². The van der Waals surface area contributed by atoms with Gasteiger partial charge in [0.1, 0.15) is 12.1 Å². The highest BCUT2D eigenvalue weighted by Crippen LogP contribution is 2.43. The Bertz CT molecular complexity index is 2650. The van der Waals surface area contributed by atoms with Crippen molar-refractivity contribution in [3.8, 4) is 45.8 Å². The topological polar surface area (TPSA) is 57.4 Å². The molecule has 8 aromatic rings. The van der Waals surface area contributed by atoms with Crippen molar-refractivity contribution in [2.45, 2.75) is 12.8 Å². The van der Waals surface area contributed by atoms with Gasteiger partial charge in [-0.2, -0.15) is 10.5 Å². The minimum atomic E-state index is 0.483. The second kappa shape index (κ2) is 11.0. The van der Waals surface area contributed by atoms with Crippen molar-refractivity contribution in [3.05, 3.63) is 162 Å². The predicted molar refractivity (Wildman–Crippen MR) is 195 cm³/mol. The molecular formula is C44H28N4. The summed E-state index contributed by atoms with van der Waals surface area (Å²) in [7, 11) is 0. The van der Waals surface area contributed by atoms with E-state index in [2.05, 4.69) is 137 Å². The maximum atomic E-state index is 11.0. The van der Waals surface area contributed by atoms with Gasteiger partial charge >= 0.3 is 0 Å². The van der Waals surface area contributed by atoms with Gasteiger partial charge < -0.3 is 9.13 Å². The number of nitriles is 2. The summed E-state index contributed by atoms with van der Waals surface area (Å²) >= 11 is 0. The lowest BCUT2D eigenvalue weighted by atomic mass is 9.89. The molecule has 0 saturated heterocycles. The van der Waals surface area contributed by atoms with E-state index < -0.39 is 0 Å². The molecule has 0 radical (unpaired) electrons. The van der Waals surface area contributed by atoms with Crippen LogP contribution < -0.4 is 0 Å². The maximum Gasteiger partial charge on any atom is 0.102 e. The highest BCUT2D eigenvalue weighted by Gasteiger charge is 2.25. The zero-order valence-electron chi connectivity index (χ0n) is 26.1. The minimum absolute atomic E-state index is 0.483. The van der Waals surface area contributed by atoms with Crippen LogP contribution in [0.2, 0.25) is 0 Å². The molecular weight excluding hydrogens is 585 g/mol. The number of benzene rings is 6. The van der Waals surface area contributed by atoms with Crippen LogP contribution in [0.1, 0.15) is 28.8 Å². The molecule has 224 valence electrons. The van der Waals surface area contributed by atoms with E-state index in [1.165, 1.54) is 10.8 Å². The Labute approximate surface area is 278 Å². The predicted octanol–water partition coefficient (Wildman–Crippen LogP) is 10.8. The Kier molecular flexibility index (Phi) is 6.35. The summed E-state index contributed by atoms with van der Waals surface area (Å²) in [6.45, 7) is 0. The molecule has 0 spiro atoms. The fourth-order valence-corrected chi connectivity index (χ4v) is 7.71. The Morgan fingerprint density at radius 2 is 1.06 bits per heavy atom. The van der Waals surface area contributed by atoms with Crippen LogP contribution in [-0.2, 0) is 6.42 Å². The number of hydrogen-bond donors (Lipinski definition) is 0. The van der Waals surface area contributed by atoms with Crippen molar-refractivity contribution in [1.82, 2.24) is 9.13 Å². The number of fused-ring (bicyclic) bond motifs is 6. The number of aromatic nitrogens is 2. The first-order valence-corrected chi connectivity index (χ1v) is 16.2. The Morgan fingerprint density at radius 1 is 0.500 bits per heavy atom. The molecule has 0 unspecified atom stereocenters. The zero-order valence-corrected chi connectivity index (χ0v) is 26.1. The van der Waals surface area contributed by atoms with Crippen LogP contribution in [0.25, 0.3) is 72.4 Å². The lowest BCUT2D eigenvalue weighted by molar-refractivity contribution is 0.886. The highest BCUT2D eigenvalue weighted by atomic mass is 15.0. The van der Waals surface area contributed by atoms with Crippen molar-refractivity contribution in [3.63, 3.8) is 0 Å². The standard InChI is InChI=1S/C44H28N4/c45-27-29-25-26-32(38(28-46)44(29)48-42-23-11-6-18-36(42)37-19-7-12-24-43(37)48)30-13-1-2-14-31(30)33-15-3-8-20-39(33)47-40-21-9-4-16-34(40)35-17-5-10-22-41(35)47/h1-11,13-23,25-26H,12,24H2. The number of hydrogen-bond acceptors (Lipinski definition) is 2. The van der Waals surface area contributed by atoms with E-state index in [0.29, 0.717) is 16.8 Å². The summed E-state index contributed by atoms with van der Waals surface area (Å²) in [6.07, 6.45) is 6.13. The minimum Gasteiger partial charge on any atom is -0.310 e. The smallest absolute Gasteiger partial charge is 0.102 e. The van der Waals surface area contributed by atoms with Gasteiger partial charge in [-0.05, 0) is 54.3 Å². The van der Waals surface area contributed by atoms with Gasteiger partial charge in [0.25, 0.3) is 0 Å². The van der Waals surface area contributed by atoms with Crippen LogP contribution >= 0.6 is 0 Å². The molecule has 48 heavy (non-hydrogen) atoms. The summed E-state index contributed by atoms with van der Waals surface area (Å²) in [6, 6.07) is 51.0. The van der Waals surface area contributed by atoms with E-state index in [0.717, 1.165) is 74.0 Å². The second-order valence-corrected chi connectivity index (χ2v) is 12.2. The first-order valence-electron chi connectivity index (χ1n) is 16.2. The van der Waals surface area contributed by atoms with Crippen LogP contribution in [0.3, 0.4) is 0 Å². The van der Waals surface area contributed by atoms with E-state index in [1.54, 1.807) is 0 Å². The molecule has 0 aliphatic heterocycles. The van der Waals surface area contributed by atoms with Gasteiger partial charge in [-0.1, -0.05) is 115 Å². The van der Waals surface area contributed by atoms with E-state index in [1.807, 2.05) is 30.3 Å². The average molecular weight is 613 g/mol. The molecule has 0 bridgehead atoms. The Balaban J connectivity index is 1.32. The second-order valence-electron chi connectivity index (χ2n) is 12.2. The molecule has 0 amide bonds. The average Bonchev–Trinajstić information content (AvgIpc) is 3.67. The van der Waals surface area contributed by atoms with E-state index in [9.17, 15) is 10.5 Å². The molecule has 0 saturated carbocycles.